The van der Waals surface area contributed by atoms with Crippen LogP contribution in [0.4, 0.5) is 0 Å². The van der Waals surface area contributed by atoms with Crippen molar-refractivity contribution in [1.82, 2.24) is 47.5 Å². The Bertz CT molecular complexity index is 2600. The molecule has 3 aromatic rings. The van der Waals surface area contributed by atoms with Gasteiger partial charge in [-0.25, -0.2) is 0 Å². The molecule has 1 saturated heterocycles. The minimum Gasteiger partial charge on any atom is -0.401 e. The number of guanidine groups is 2. The first-order chi connectivity index (χ1) is 36.1. The Morgan fingerprint density at radius 2 is 1.36 bits per heavy atom. The van der Waals surface area contributed by atoms with E-state index in [4.69, 9.17) is 57.6 Å². The van der Waals surface area contributed by atoms with Crippen LogP contribution in [-0.4, -0.2) is 133 Å². The smallest absolute Gasteiger partial charge is 0.243 e. The minimum atomic E-state index is -1.48. The van der Waals surface area contributed by atoms with Crippen molar-refractivity contribution in [3.63, 3.8) is 0 Å². The third-order valence-electron chi connectivity index (χ3n) is 12.1. The predicted molar refractivity (Wildman–Crippen MR) is 290 cm³/mol. The van der Waals surface area contributed by atoms with Gasteiger partial charge in [0.15, 0.2) is 11.9 Å². The lowest BCUT2D eigenvalue weighted by atomic mass is 10.0. The van der Waals surface area contributed by atoms with Gasteiger partial charge in [-0.05, 0) is 87.2 Å². The Hall–Kier alpha value is -7.64. The number of nitrogens with one attached hydrogen (secondary N) is 9. The van der Waals surface area contributed by atoms with Gasteiger partial charge in [0.1, 0.15) is 36.3 Å². The zero-order chi connectivity index (χ0) is 55.9. The van der Waals surface area contributed by atoms with Gasteiger partial charge in [0.2, 0.25) is 47.3 Å². The number of aliphatic imine (C=N–C) groups is 2. The topological polar surface area (TPSA) is 429 Å². The van der Waals surface area contributed by atoms with E-state index < -0.39 is 89.6 Å². The molecular formula is C49H71Cl2N17O8. The molecule has 414 valence electrons. The van der Waals surface area contributed by atoms with E-state index in [0.717, 1.165) is 10.9 Å². The second kappa shape index (κ2) is 30.7. The Labute approximate surface area is 450 Å². The summed E-state index contributed by atoms with van der Waals surface area (Å²) in [6, 6.07) is 2.94. The van der Waals surface area contributed by atoms with Crippen molar-refractivity contribution < 1.29 is 38.4 Å². The van der Waals surface area contributed by atoms with Crippen LogP contribution < -0.4 is 76.9 Å². The van der Waals surface area contributed by atoms with Crippen molar-refractivity contribution in [1.29, 1.82) is 0 Å². The molecule has 1 aromatic heterocycles. The van der Waals surface area contributed by atoms with E-state index in [-0.39, 0.29) is 124 Å². The van der Waals surface area contributed by atoms with Crippen LogP contribution in [0.5, 0.6) is 0 Å². The highest BCUT2D eigenvalue weighted by Gasteiger charge is 2.34. The fourth-order valence-corrected chi connectivity index (χ4v) is 8.54. The minimum absolute atomic E-state index is 0.0187. The molecule has 1 aliphatic rings. The van der Waals surface area contributed by atoms with Gasteiger partial charge in [-0.3, -0.25) is 48.3 Å². The van der Waals surface area contributed by atoms with Crippen LogP contribution >= 0.6 is 23.2 Å². The number of carbonyl (C=O) groups is 8. The zero-order valence-electron chi connectivity index (χ0n) is 42.4. The maximum atomic E-state index is 14.7. The molecule has 0 radical (unpaired) electrons. The van der Waals surface area contributed by atoms with Crippen molar-refractivity contribution >= 4 is 93.3 Å². The summed E-state index contributed by atoms with van der Waals surface area (Å²) in [5.41, 5.74) is 36.2. The monoisotopic (exact) mass is 1100 g/mol. The van der Waals surface area contributed by atoms with Crippen LogP contribution in [0.15, 0.2) is 70.9 Å². The number of H-pyrrole nitrogens is 1. The molecule has 8 amide bonds. The van der Waals surface area contributed by atoms with Gasteiger partial charge in [0.05, 0.1) is 16.1 Å². The SMILES string of the molecule is C=C(N)[C@@H]1CCCNC(=O)CC[C@H](NC(=O)[C@H](CCCN=C(N)N)NC(C)=O)C(=O)N[C@@H](CCN)C(=O)N[C@H](Cc2ccc(Cl)c(Cl)c2)C(=O)N[C@@H](CCCN=C(N)N)C(=O)N[C@@H](Cc2c[nH]c3ccccc23)C(=O)N1. The summed E-state index contributed by atoms with van der Waals surface area (Å²) in [7, 11) is 0. The van der Waals surface area contributed by atoms with Gasteiger partial charge in [0.25, 0.3) is 0 Å². The number of benzene rings is 2. The number of nitrogens with two attached hydrogens (primary N) is 6. The van der Waals surface area contributed by atoms with Gasteiger partial charge in [-0.15, -0.1) is 0 Å². The fourth-order valence-electron chi connectivity index (χ4n) is 8.22. The molecule has 21 N–H and O–H groups in total. The summed E-state index contributed by atoms with van der Waals surface area (Å²) in [6.45, 7) is 5.19. The molecule has 2 heterocycles. The summed E-state index contributed by atoms with van der Waals surface area (Å²) in [4.78, 5) is 123. The fraction of sp³-hybridized carbons (Fsp3) is 0.469. The molecule has 0 bridgehead atoms. The molecule has 2 aromatic carbocycles. The molecule has 0 saturated carbocycles. The van der Waals surface area contributed by atoms with Gasteiger partial charge in [0, 0.05) is 68.6 Å². The normalized spacial score (nSPS) is 21.0. The third kappa shape index (κ3) is 20.2. The molecule has 25 nitrogen and oxygen atoms in total. The molecule has 1 fully saturated rings. The molecule has 0 unspecified atom stereocenters. The lowest BCUT2D eigenvalue weighted by Crippen LogP contribution is -2.60. The van der Waals surface area contributed by atoms with Gasteiger partial charge < -0.3 is 81.9 Å². The number of rotatable bonds is 18. The number of carbonyl (C=O) groups excluding carboxylic acids is 8. The first-order valence-corrected chi connectivity index (χ1v) is 25.5. The highest BCUT2D eigenvalue weighted by molar-refractivity contribution is 6.42. The van der Waals surface area contributed by atoms with Gasteiger partial charge in [-0.1, -0.05) is 54.0 Å². The lowest BCUT2D eigenvalue weighted by Gasteiger charge is -2.28. The number of amides is 8. The second-order valence-corrected chi connectivity index (χ2v) is 19.0. The maximum absolute atomic E-state index is 14.7. The first kappa shape index (κ1) is 60.9. The van der Waals surface area contributed by atoms with E-state index in [2.05, 4.69) is 64.1 Å². The largest absolute Gasteiger partial charge is 0.401 e. The standard InChI is InChI=1S/C49H71Cl2N17O8/c1-26(53)33-10-5-19-58-41(70)16-15-37(65-42(71)35(62-27(2)69)11-6-20-59-48(54)55)44(73)66-38(17-18-52)45(74)67-39(23-28-13-14-31(50)32(51)22-28)46(75)64-36(12-7-21-60-49(56)57)43(72)68-40(47(76)63-33)24-29-25-61-34-9-4-3-8-30(29)34/h3-4,8-9,13-14,22,25,33,35-40,61H,1,5-7,10-12,15-21,23-24,52-53H2,2H3,(H,58,70)(H,62,69)(H,63,76)(H,64,75)(H,65,71)(H,66,73)(H,67,74)(H,68,72)(H4,54,55,59)(H4,56,57,60)/t33-,35-,36-,37-,38-,39+,40-/m0/s1. The van der Waals surface area contributed by atoms with Crippen LogP contribution in [0.1, 0.15) is 75.8 Å². The van der Waals surface area contributed by atoms with Gasteiger partial charge >= 0.3 is 0 Å². The van der Waals surface area contributed by atoms with Crippen LogP contribution in [0.3, 0.4) is 0 Å². The summed E-state index contributed by atoms with van der Waals surface area (Å²) in [5, 5.41) is 22.8. The molecule has 1 aliphatic heterocycles. The predicted octanol–water partition coefficient (Wildman–Crippen LogP) is -1.71. The van der Waals surface area contributed by atoms with E-state index in [1.165, 1.54) is 19.1 Å². The van der Waals surface area contributed by atoms with Crippen molar-refractivity contribution in [2.75, 3.05) is 26.2 Å². The van der Waals surface area contributed by atoms with Crippen molar-refractivity contribution in [3.05, 3.63) is 82.1 Å². The number of hydrogen-bond donors (Lipinski definition) is 15. The molecule has 27 heteroatoms. The Morgan fingerprint density at radius 3 is 2.00 bits per heavy atom. The number of nitrogens with zero attached hydrogens (tertiary/aromatic N) is 2. The number of halogens is 2. The number of aromatic amines is 1. The summed E-state index contributed by atoms with van der Waals surface area (Å²) >= 11 is 12.6. The summed E-state index contributed by atoms with van der Waals surface area (Å²) in [6.07, 6.45) is 1.58. The number of fused-ring (bicyclic) bond motifs is 1. The molecule has 76 heavy (non-hydrogen) atoms. The van der Waals surface area contributed by atoms with Crippen LogP contribution in [0, 0.1) is 0 Å². The van der Waals surface area contributed by atoms with E-state index >= 15 is 0 Å². The summed E-state index contributed by atoms with van der Waals surface area (Å²) < 4.78 is 0. The Kier molecular flexibility index (Phi) is 24.6. The highest BCUT2D eigenvalue weighted by Crippen LogP contribution is 2.24. The van der Waals surface area contributed by atoms with E-state index in [0.29, 0.717) is 11.1 Å². The average molecular weight is 1100 g/mol. The average Bonchev–Trinajstić information content (AvgIpc) is 3.77. The molecule has 7 atom stereocenters. The Balaban J connectivity index is 1.78. The van der Waals surface area contributed by atoms with Crippen molar-refractivity contribution in [2.45, 2.75) is 120 Å². The van der Waals surface area contributed by atoms with Crippen LogP contribution in [0.25, 0.3) is 10.9 Å². The van der Waals surface area contributed by atoms with E-state index in [9.17, 15) is 38.4 Å². The van der Waals surface area contributed by atoms with Crippen LogP contribution in [-0.2, 0) is 51.2 Å². The zero-order valence-corrected chi connectivity index (χ0v) is 43.9. The molecule has 4 rings (SSSR count). The molecular weight excluding hydrogens is 1030 g/mol. The van der Waals surface area contributed by atoms with E-state index in [1.807, 2.05) is 24.3 Å². The number of hydrogen-bond acceptors (Lipinski definition) is 12. The quantitative estimate of drug-likeness (QED) is 0.0384. The van der Waals surface area contributed by atoms with Crippen LogP contribution in [0.2, 0.25) is 10.0 Å². The first-order valence-electron chi connectivity index (χ1n) is 24.8. The van der Waals surface area contributed by atoms with Crippen molar-refractivity contribution in [3.8, 4) is 0 Å². The second-order valence-electron chi connectivity index (χ2n) is 18.2. The maximum Gasteiger partial charge on any atom is 0.243 e. The third-order valence-corrected chi connectivity index (χ3v) is 12.9. The van der Waals surface area contributed by atoms with Crippen molar-refractivity contribution in [2.24, 2.45) is 44.4 Å². The number of para-hydroxylation sites is 1. The van der Waals surface area contributed by atoms with E-state index in [1.54, 1.807) is 12.3 Å². The Morgan fingerprint density at radius 1 is 0.750 bits per heavy atom. The highest BCUT2D eigenvalue weighted by atomic mass is 35.5. The summed E-state index contributed by atoms with van der Waals surface area (Å²) in [5.74, 6) is -6.31. The molecule has 0 spiro atoms. The lowest BCUT2D eigenvalue weighted by molar-refractivity contribution is -0.135. The van der Waals surface area contributed by atoms with Gasteiger partial charge in [-0.2, -0.15) is 0 Å². The number of aromatic nitrogens is 1. The molecule has 0 aliphatic carbocycles.